The van der Waals surface area contributed by atoms with Crippen molar-refractivity contribution in [3.8, 4) is 0 Å². The summed E-state index contributed by atoms with van der Waals surface area (Å²) in [7, 11) is 0. The van der Waals surface area contributed by atoms with Crippen molar-refractivity contribution in [3.63, 3.8) is 0 Å². The molecule has 0 radical (unpaired) electrons. The Kier molecular flexibility index (Phi) is 5.37. The standard InChI is InChI=1S/C10H14BrNOS/c11-10-8(3-1-4-9(10)12)7-14-6-2-5-13/h1,3-4,13H,2,5-7,12H2. The molecule has 0 aromatic heterocycles. The molecule has 1 aromatic carbocycles. The number of nitrogens with two attached hydrogens (primary N) is 1. The number of hydrogen-bond acceptors (Lipinski definition) is 3. The molecule has 0 saturated carbocycles. The van der Waals surface area contributed by atoms with Crippen molar-refractivity contribution in [1.29, 1.82) is 0 Å². The molecule has 0 atom stereocenters. The number of aliphatic hydroxyl groups is 1. The Morgan fingerprint density at radius 1 is 1.43 bits per heavy atom. The van der Waals surface area contributed by atoms with E-state index in [4.69, 9.17) is 10.8 Å². The lowest BCUT2D eigenvalue weighted by Gasteiger charge is -2.06. The minimum absolute atomic E-state index is 0.269. The summed E-state index contributed by atoms with van der Waals surface area (Å²) in [6.07, 6.45) is 0.852. The first kappa shape index (κ1) is 11.9. The summed E-state index contributed by atoms with van der Waals surface area (Å²) in [6.45, 7) is 0.269. The molecule has 0 spiro atoms. The van der Waals surface area contributed by atoms with E-state index in [1.807, 2.05) is 23.9 Å². The average Bonchev–Trinajstić information content (AvgIpc) is 2.19. The van der Waals surface area contributed by atoms with Gasteiger partial charge in [0, 0.05) is 22.5 Å². The first-order chi connectivity index (χ1) is 6.75. The van der Waals surface area contributed by atoms with Crippen LogP contribution >= 0.6 is 27.7 Å². The Bertz CT molecular complexity index is 293. The van der Waals surface area contributed by atoms with Gasteiger partial charge in [-0.25, -0.2) is 0 Å². The summed E-state index contributed by atoms with van der Waals surface area (Å²) in [6, 6.07) is 5.90. The van der Waals surface area contributed by atoms with Crippen LogP contribution in [0.2, 0.25) is 0 Å². The van der Waals surface area contributed by atoms with Gasteiger partial charge in [-0.05, 0) is 39.7 Å². The maximum absolute atomic E-state index is 8.62. The van der Waals surface area contributed by atoms with Crippen LogP contribution in [-0.4, -0.2) is 17.5 Å². The van der Waals surface area contributed by atoms with Crippen LogP contribution in [-0.2, 0) is 5.75 Å². The van der Waals surface area contributed by atoms with Gasteiger partial charge in [0.1, 0.15) is 0 Å². The van der Waals surface area contributed by atoms with Gasteiger partial charge in [0.2, 0.25) is 0 Å². The summed E-state index contributed by atoms with van der Waals surface area (Å²) < 4.78 is 0.997. The molecule has 78 valence electrons. The molecule has 0 aliphatic carbocycles. The zero-order chi connectivity index (χ0) is 10.4. The number of anilines is 1. The lowest BCUT2D eigenvalue weighted by atomic mass is 10.2. The first-order valence-electron chi connectivity index (χ1n) is 4.47. The third kappa shape index (κ3) is 3.52. The second-order valence-electron chi connectivity index (χ2n) is 2.95. The van der Waals surface area contributed by atoms with E-state index in [2.05, 4.69) is 22.0 Å². The average molecular weight is 276 g/mol. The smallest absolute Gasteiger partial charge is 0.0461 e. The molecule has 14 heavy (non-hydrogen) atoms. The van der Waals surface area contributed by atoms with Crippen LogP contribution in [0, 0.1) is 0 Å². The molecular formula is C10H14BrNOS. The van der Waals surface area contributed by atoms with E-state index in [-0.39, 0.29) is 6.61 Å². The van der Waals surface area contributed by atoms with E-state index < -0.39 is 0 Å². The largest absolute Gasteiger partial charge is 0.398 e. The quantitative estimate of drug-likeness (QED) is 0.642. The molecular weight excluding hydrogens is 262 g/mol. The zero-order valence-electron chi connectivity index (χ0n) is 7.87. The number of rotatable bonds is 5. The van der Waals surface area contributed by atoms with Crippen molar-refractivity contribution in [2.24, 2.45) is 0 Å². The van der Waals surface area contributed by atoms with Gasteiger partial charge in [0.15, 0.2) is 0 Å². The molecule has 0 aliphatic rings. The Labute approximate surface area is 97.0 Å². The number of hydrogen-bond donors (Lipinski definition) is 2. The second kappa shape index (κ2) is 6.32. The Morgan fingerprint density at radius 3 is 2.93 bits per heavy atom. The molecule has 2 nitrogen and oxygen atoms in total. The molecule has 0 unspecified atom stereocenters. The van der Waals surface area contributed by atoms with Gasteiger partial charge in [-0.3, -0.25) is 0 Å². The fourth-order valence-corrected chi connectivity index (χ4v) is 2.59. The normalized spacial score (nSPS) is 10.4. The zero-order valence-corrected chi connectivity index (χ0v) is 10.3. The van der Waals surface area contributed by atoms with Crippen LogP contribution in [0.15, 0.2) is 22.7 Å². The SMILES string of the molecule is Nc1cccc(CSCCCO)c1Br. The fourth-order valence-electron chi connectivity index (χ4n) is 1.06. The molecule has 0 saturated heterocycles. The van der Waals surface area contributed by atoms with Gasteiger partial charge in [-0.15, -0.1) is 0 Å². The number of thioether (sulfide) groups is 1. The summed E-state index contributed by atoms with van der Waals surface area (Å²) in [5.74, 6) is 1.92. The summed E-state index contributed by atoms with van der Waals surface area (Å²) in [5, 5.41) is 8.62. The number of nitrogen functional groups attached to an aromatic ring is 1. The van der Waals surface area contributed by atoms with Crippen LogP contribution in [0.4, 0.5) is 5.69 Å². The first-order valence-corrected chi connectivity index (χ1v) is 6.42. The van der Waals surface area contributed by atoms with Crippen molar-refractivity contribution in [2.45, 2.75) is 12.2 Å². The van der Waals surface area contributed by atoms with Crippen molar-refractivity contribution in [1.82, 2.24) is 0 Å². The maximum Gasteiger partial charge on any atom is 0.0461 e. The van der Waals surface area contributed by atoms with Crippen LogP contribution in [0.5, 0.6) is 0 Å². The molecule has 0 aliphatic heterocycles. The number of halogens is 1. The topological polar surface area (TPSA) is 46.2 Å². The predicted octanol–water partition coefficient (Wildman–Crippen LogP) is 2.65. The van der Waals surface area contributed by atoms with Gasteiger partial charge in [0.25, 0.3) is 0 Å². The van der Waals surface area contributed by atoms with Gasteiger partial charge in [0.05, 0.1) is 0 Å². The van der Waals surface area contributed by atoms with E-state index in [0.717, 1.165) is 28.1 Å². The highest BCUT2D eigenvalue weighted by Gasteiger charge is 2.02. The number of benzene rings is 1. The van der Waals surface area contributed by atoms with E-state index >= 15 is 0 Å². The Balaban J connectivity index is 2.46. The van der Waals surface area contributed by atoms with E-state index in [9.17, 15) is 0 Å². The summed E-state index contributed by atoms with van der Waals surface area (Å²) in [5.41, 5.74) is 7.75. The van der Waals surface area contributed by atoms with Gasteiger partial charge >= 0.3 is 0 Å². The van der Waals surface area contributed by atoms with Crippen LogP contribution in [0.1, 0.15) is 12.0 Å². The minimum atomic E-state index is 0.269. The lowest BCUT2D eigenvalue weighted by molar-refractivity contribution is 0.296. The fraction of sp³-hybridized carbons (Fsp3) is 0.400. The van der Waals surface area contributed by atoms with Crippen LogP contribution in [0.25, 0.3) is 0 Å². The Morgan fingerprint density at radius 2 is 2.21 bits per heavy atom. The highest BCUT2D eigenvalue weighted by atomic mass is 79.9. The van der Waals surface area contributed by atoms with E-state index in [1.54, 1.807) is 0 Å². The predicted molar refractivity (Wildman–Crippen MR) is 66.4 cm³/mol. The lowest BCUT2D eigenvalue weighted by Crippen LogP contribution is -1.92. The molecule has 1 aromatic rings. The van der Waals surface area contributed by atoms with Gasteiger partial charge in [-0.1, -0.05) is 12.1 Å². The highest BCUT2D eigenvalue weighted by Crippen LogP contribution is 2.27. The number of aliphatic hydroxyl groups excluding tert-OH is 1. The monoisotopic (exact) mass is 275 g/mol. The third-order valence-corrected chi connectivity index (χ3v) is 3.87. The molecule has 0 heterocycles. The summed E-state index contributed by atoms with van der Waals surface area (Å²) >= 11 is 5.27. The van der Waals surface area contributed by atoms with Crippen molar-refractivity contribution < 1.29 is 5.11 Å². The Hall–Kier alpha value is -0.190. The molecule has 3 N–H and O–H groups in total. The minimum Gasteiger partial charge on any atom is -0.398 e. The molecule has 0 bridgehead atoms. The summed E-state index contributed by atoms with van der Waals surface area (Å²) in [4.78, 5) is 0. The second-order valence-corrected chi connectivity index (χ2v) is 4.85. The third-order valence-electron chi connectivity index (χ3n) is 1.81. The van der Waals surface area contributed by atoms with E-state index in [1.165, 1.54) is 5.56 Å². The maximum atomic E-state index is 8.62. The van der Waals surface area contributed by atoms with Crippen molar-refractivity contribution in [3.05, 3.63) is 28.2 Å². The molecule has 1 rings (SSSR count). The van der Waals surface area contributed by atoms with Gasteiger partial charge < -0.3 is 10.8 Å². The molecule has 0 amide bonds. The van der Waals surface area contributed by atoms with Gasteiger partial charge in [-0.2, -0.15) is 11.8 Å². The molecule has 4 heteroatoms. The molecule has 0 fully saturated rings. The van der Waals surface area contributed by atoms with Crippen molar-refractivity contribution >= 4 is 33.4 Å². The van der Waals surface area contributed by atoms with Crippen LogP contribution < -0.4 is 5.73 Å². The highest BCUT2D eigenvalue weighted by molar-refractivity contribution is 9.10. The van der Waals surface area contributed by atoms with Crippen molar-refractivity contribution in [2.75, 3.05) is 18.1 Å². The van der Waals surface area contributed by atoms with Crippen LogP contribution in [0.3, 0.4) is 0 Å². The van der Waals surface area contributed by atoms with E-state index in [0.29, 0.717) is 0 Å².